The molecule has 19 heavy (non-hydrogen) atoms. The molecule has 0 saturated carbocycles. The van der Waals surface area contributed by atoms with Gasteiger partial charge < -0.3 is 0 Å². The Labute approximate surface area is 108 Å². The van der Waals surface area contributed by atoms with Gasteiger partial charge in [-0.3, -0.25) is 5.10 Å². The second kappa shape index (κ2) is 4.40. The molecule has 98 valence electrons. The van der Waals surface area contributed by atoms with Gasteiger partial charge in [-0.05, 0) is 30.4 Å². The topological polar surface area (TPSA) is 77.4 Å². The summed E-state index contributed by atoms with van der Waals surface area (Å²) in [5, 5.41) is 13.1. The first kappa shape index (κ1) is 13.1. The first-order valence-electron chi connectivity index (χ1n) is 4.86. The van der Waals surface area contributed by atoms with Crippen molar-refractivity contribution in [1.82, 2.24) is 14.8 Å². The number of alkyl halides is 3. The van der Waals surface area contributed by atoms with Crippen LogP contribution in [-0.4, -0.2) is 14.8 Å². The van der Waals surface area contributed by atoms with E-state index in [1.807, 2.05) is 0 Å². The summed E-state index contributed by atoms with van der Waals surface area (Å²) < 4.78 is 39.1. The lowest BCUT2D eigenvalue weighted by Crippen LogP contribution is -2.16. The van der Waals surface area contributed by atoms with E-state index < -0.39 is 23.0 Å². The summed E-state index contributed by atoms with van der Waals surface area (Å²) in [4.78, 5) is 11.4. The van der Waals surface area contributed by atoms with Gasteiger partial charge in [0.05, 0.1) is 22.9 Å². The van der Waals surface area contributed by atoms with E-state index in [1.165, 1.54) is 12.1 Å². The van der Waals surface area contributed by atoms with E-state index in [9.17, 15) is 18.0 Å². The highest BCUT2D eigenvalue weighted by atomic mass is 32.1. The minimum absolute atomic E-state index is 0.0668. The Morgan fingerprint density at radius 2 is 2.00 bits per heavy atom. The van der Waals surface area contributed by atoms with Gasteiger partial charge in [-0.2, -0.15) is 18.4 Å². The molecule has 1 aromatic heterocycles. The molecule has 5 nitrogen and oxygen atoms in total. The maximum atomic E-state index is 12.8. The van der Waals surface area contributed by atoms with Gasteiger partial charge in [-0.25, -0.2) is 14.5 Å². The molecule has 0 bridgehead atoms. The number of nitrogens with zero attached hydrogens (tertiary/aromatic N) is 2. The molecule has 0 aliphatic heterocycles. The van der Waals surface area contributed by atoms with E-state index in [4.69, 9.17) is 17.5 Å². The Hall–Kier alpha value is -2.34. The molecule has 9 heteroatoms. The number of aromatic nitrogens is 3. The third-order valence-corrected chi connectivity index (χ3v) is 2.65. The van der Waals surface area contributed by atoms with Gasteiger partial charge >= 0.3 is 11.9 Å². The zero-order valence-corrected chi connectivity index (χ0v) is 9.89. The van der Waals surface area contributed by atoms with Gasteiger partial charge in [-0.1, -0.05) is 0 Å². The molecule has 0 unspecified atom stereocenters. The number of benzene rings is 1. The molecule has 0 atom stereocenters. The number of rotatable bonds is 1. The molecule has 2 N–H and O–H groups in total. The van der Waals surface area contributed by atoms with Crippen LogP contribution in [0.4, 0.5) is 13.2 Å². The van der Waals surface area contributed by atoms with Gasteiger partial charge in [-0.15, -0.1) is 0 Å². The zero-order chi connectivity index (χ0) is 14.2. The predicted molar refractivity (Wildman–Crippen MR) is 61.3 cm³/mol. The summed E-state index contributed by atoms with van der Waals surface area (Å²) in [6.45, 7) is 0. The standard InChI is InChI=1S/C10H5F3N4OS/c11-10(12,13)7-3-6(2-1-5(7)4-14)17-8(18)15-16-9(17)19/h1-3H,(H,15,18)(H,16,19). The number of aromatic amines is 2. The summed E-state index contributed by atoms with van der Waals surface area (Å²) >= 11 is 4.78. The quantitative estimate of drug-likeness (QED) is 0.788. The highest BCUT2D eigenvalue weighted by Gasteiger charge is 2.34. The van der Waals surface area contributed by atoms with Gasteiger partial charge in [0.15, 0.2) is 0 Å². The first-order valence-corrected chi connectivity index (χ1v) is 5.27. The van der Waals surface area contributed by atoms with Crippen molar-refractivity contribution in [2.45, 2.75) is 6.18 Å². The normalized spacial score (nSPS) is 11.3. The largest absolute Gasteiger partial charge is 0.417 e. The van der Waals surface area contributed by atoms with Gasteiger partial charge in [0.2, 0.25) is 4.77 Å². The van der Waals surface area contributed by atoms with E-state index >= 15 is 0 Å². The molecular weight excluding hydrogens is 281 g/mol. The molecule has 1 aromatic carbocycles. The highest BCUT2D eigenvalue weighted by molar-refractivity contribution is 7.71. The predicted octanol–water partition coefficient (Wildman–Crippen LogP) is 2.11. The fourth-order valence-electron chi connectivity index (χ4n) is 1.55. The van der Waals surface area contributed by atoms with Crippen molar-refractivity contribution in [2.75, 3.05) is 0 Å². The van der Waals surface area contributed by atoms with Crippen molar-refractivity contribution in [3.8, 4) is 11.8 Å². The van der Waals surface area contributed by atoms with Crippen molar-refractivity contribution in [1.29, 1.82) is 5.26 Å². The molecule has 0 radical (unpaired) electrons. The van der Waals surface area contributed by atoms with Crippen molar-refractivity contribution < 1.29 is 13.2 Å². The number of hydrogen-bond acceptors (Lipinski definition) is 3. The summed E-state index contributed by atoms with van der Waals surface area (Å²) in [6, 6.07) is 4.37. The van der Waals surface area contributed by atoms with Crippen LogP contribution in [0.1, 0.15) is 11.1 Å². The monoisotopic (exact) mass is 286 g/mol. The Morgan fingerprint density at radius 3 is 2.47 bits per heavy atom. The van der Waals surface area contributed by atoms with Crippen LogP contribution in [0.5, 0.6) is 0 Å². The second-order valence-corrected chi connectivity index (χ2v) is 3.92. The molecule has 0 amide bonds. The summed E-state index contributed by atoms with van der Waals surface area (Å²) in [7, 11) is 0. The lowest BCUT2D eigenvalue weighted by Gasteiger charge is -2.10. The number of nitriles is 1. The molecule has 0 spiro atoms. The van der Waals surface area contributed by atoms with Gasteiger partial charge in [0.1, 0.15) is 0 Å². The summed E-state index contributed by atoms with van der Waals surface area (Å²) in [5.74, 6) is 0. The SMILES string of the molecule is N#Cc1ccc(-n2c(=O)[nH][nH]c2=S)cc1C(F)(F)F. The van der Waals surface area contributed by atoms with Crippen molar-refractivity contribution in [3.63, 3.8) is 0 Å². The average Bonchev–Trinajstić information content (AvgIpc) is 2.67. The number of nitrogens with one attached hydrogen (secondary N) is 2. The third kappa shape index (κ3) is 2.30. The lowest BCUT2D eigenvalue weighted by atomic mass is 10.1. The number of H-pyrrole nitrogens is 2. The van der Waals surface area contributed by atoms with Crippen LogP contribution < -0.4 is 5.69 Å². The van der Waals surface area contributed by atoms with E-state index in [-0.39, 0.29) is 10.5 Å². The van der Waals surface area contributed by atoms with Gasteiger partial charge in [0, 0.05) is 0 Å². The van der Waals surface area contributed by atoms with E-state index in [1.54, 1.807) is 0 Å². The van der Waals surface area contributed by atoms with Gasteiger partial charge in [0.25, 0.3) is 0 Å². The summed E-state index contributed by atoms with van der Waals surface area (Å²) in [6.07, 6.45) is -4.69. The van der Waals surface area contributed by atoms with Crippen LogP contribution in [0.3, 0.4) is 0 Å². The fourth-order valence-corrected chi connectivity index (χ4v) is 1.79. The highest BCUT2D eigenvalue weighted by Crippen LogP contribution is 2.32. The van der Waals surface area contributed by atoms with Crippen LogP contribution in [0.15, 0.2) is 23.0 Å². The molecule has 1 heterocycles. The first-order chi connectivity index (χ1) is 8.84. The van der Waals surface area contributed by atoms with Crippen LogP contribution in [-0.2, 0) is 6.18 Å². The molecule has 0 fully saturated rings. The molecule has 2 aromatic rings. The summed E-state index contributed by atoms with van der Waals surface area (Å²) in [5.41, 5.74) is -2.40. The molecular formula is C10H5F3N4OS. The minimum Gasteiger partial charge on any atom is -0.272 e. The third-order valence-electron chi connectivity index (χ3n) is 2.37. The Bertz CT molecular complexity index is 750. The molecule has 0 aliphatic rings. The van der Waals surface area contributed by atoms with Crippen LogP contribution in [0.25, 0.3) is 5.69 Å². The number of halogens is 3. The molecule has 0 aliphatic carbocycles. The van der Waals surface area contributed by atoms with Crippen LogP contribution in [0.2, 0.25) is 0 Å². The van der Waals surface area contributed by atoms with Crippen molar-refractivity contribution >= 4 is 12.2 Å². The Kier molecular flexibility index (Phi) is 3.03. The fraction of sp³-hybridized carbons (Fsp3) is 0.100. The van der Waals surface area contributed by atoms with Crippen molar-refractivity contribution in [2.24, 2.45) is 0 Å². The van der Waals surface area contributed by atoms with E-state index in [0.29, 0.717) is 6.07 Å². The zero-order valence-electron chi connectivity index (χ0n) is 9.08. The smallest absolute Gasteiger partial charge is 0.272 e. The Balaban J connectivity index is 2.74. The molecule has 2 rings (SSSR count). The minimum atomic E-state index is -4.69. The van der Waals surface area contributed by atoms with E-state index in [0.717, 1.165) is 10.6 Å². The maximum absolute atomic E-state index is 12.8. The van der Waals surface area contributed by atoms with Crippen LogP contribution >= 0.6 is 12.2 Å². The Morgan fingerprint density at radius 1 is 1.32 bits per heavy atom. The van der Waals surface area contributed by atoms with Crippen molar-refractivity contribution in [3.05, 3.63) is 44.6 Å². The average molecular weight is 286 g/mol. The second-order valence-electron chi connectivity index (χ2n) is 3.54. The molecule has 0 saturated heterocycles. The lowest BCUT2D eigenvalue weighted by molar-refractivity contribution is -0.137. The van der Waals surface area contributed by atoms with Crippen LogP contribution in [0, 0.1) is 16.1 Å². The van der Waals surface area contributed by atoms with E-state index in [2.05, 4.69) is 10.2 Å². The maximum Gasteiger partial charge on any atom is 0.417 e. The number of hydrogen-bond donors (Lipinski definition) is 2.